The van der Waals surface area contributed by atoms with E-state index in [-0.39, 0.29) is 0 Å². The summed E-state index contributed by atoms with van der Waals surface area (Å²) in [7, 11) is 0. The minimum Gasteiger partial charge on any atom is -0.396 e. The van der Waals surface area contributed by atoms with Crippen molar-refractivity contribution in [2.45, 2.75) is 63.1 Å². The van der Waals surface area contributed by atoms with Gasteiger partial charge in [0.25, 0.3) is 0 Å². The first-order valence-electron chi connectivity index (χ1n) is 7.48. The van der Waals surface area contributed by atoms with E-state index in [4.69, 9.17) is 0 Å². The Morgan fingerprint density at radius 2 is 1.88 bits per heavy atom. The number of rotatable bonds is 4. The van der Waals surface area contributed by atoms with Crippen LogP contribution < -0.4 is 5.32 Å². The molecule has 0 amide bonds. The molecule has 2 saturated carbocycles. The van der Waals surface area contributed by atoms with Crippen LogP contribution in [0.5, 0.6) is 0 Å². The molecule has 0 aromatic heterocycles. The van der Waals surface area contributed by atoms with Crippen molar-refractivity contribution in [2.75, 3.05) is 19.7 Å². The summed E-state index contributed by atoms with van der Waals surface area (Å²) in [6, 6.07) is 2.19. The molecule has 3 rings (SSSR count). The molecule has 2 N–H and O–H groups in total. The molecule has 0 radical (unpaired) electrons. The lowest BCUT2D eigenvalue weighted by Gasteiger charge is -2.33. The molecule has 0 bridgehead atoms. The Morgan fingerprint density at radius 3 is 2.65 bits per heavy atom. The number of hydrogen-bond acceptors (Lipinski definition) is 3. The molecular weight excluding hydrogens is 212 g/mol. The number of aliphatic hydroxyl groups is 1. The van der Waals surface area contributed by atoms with E-state index in [2.05, 4.69) is 10.2 Å². The predicted molar refractivity (Wildman–Crippen MR) is 69.0 cm³/mol. The third-order valence-corrected chi connectivity index (χ3v) is 4.88. The normalized spacial score (nSPS) is 39.7. The maximum Gasteiger partial charge on any atom is 0.0474 e. The number of nitrogens with zero attached hydrogens (tertiary/aromatic N) is 1. The van der Waals surface area contributed by atoms with Crippen LogP contribution in [0.1, 0.15) is 44.9 Å². The van der Waals surface area contributed by atoms with Crippen LogP contribution in [0.2, 0.25) is 0 Å². The van der Waals surface area contributed by atoms with Crippen molar-refractivity contribution in [3.63, 3.8) is 0 Å². The highest BCUT2D eigenvalue weighted by Crippen LogP contribution is 2.31. The van der Waals surface area contributed by atoms with Gasteiger partial charge in [0.15, 0.2) is 0 Å². The fourth-order valence-electron chi connectivity index (χ4n) is 3.64. The molecule has 3 unspecified atom stereocenters. The third kappa shape index (κ3) is 2.83. The van der Waals surface area contributed by atoms with Gasteiger partial charge < -0.3 is 10.4 Å². The van der Waals surface area contributed by atoms with Crippen LogP contribution in [0.25, 0.3) is 0 Å². The highest BCUT2D eigenvalue weighted by molar-refractivity contribution is 4.94. The lowest BCUT2D eigenvalue weighted by molar-refractivity contribution is 0.145. The zero-order valence-corrected chi connectivity index (χ0v) is 10.8. The molecule has 17 heavy (non-hydrogen) atoms. The van der Waals surface area contributed by atoms with Gasteiger partial charge in [0.1, 0.15) is 0 Å². The summed E-state index contributed by atoms with van der Waals surface area (Å²) in [5, 5.41) is 13.3. The maximum atomic E-state index is 9.44. The first-order chi connectivity index (χ1) is 8.36. The fraction of sp³-hybridized carbons (Fsp3) is 1.00. The number of likely N-dealkylation sites (tertiary alicyclic amines) is 1. The van der Waals surface area contributed by atoms with Gasteiger partial charge in [-0.1, -0.05) is 12.8 Å². The van der Waals surface area contributed by atoms with E-state index in [1.807, 2.05) is 0 Å². The predicted octanol–water partition coefficient (Wildman–Crippen LogP) is 1.36. The van der Waals surface area contributed by atoms with E-state index in [9.17, 15) is 5.11 Å². The van der Waals surface area contributed by atoms with E-state index >= 15 is 0 Å². The molecule has 3 fully saturated rings. The molecular formula is C14H26N2O. The minimum absolute atomic E-state index is 0.372. The molecule has 3 heteroatoms. The lowest BCUT2D eigenvalue weighted by Crippen LogP contribution is -2.46. The molecule has 0 spiro atoms. The number of nitrogens with one attached hydrogen (secondary N) is 1. The summed E-state index contributed by atoms with van der Waals surface area (Å²) in [4.78, 5) is 2.66. The smallest absolute Gasteiger partial charge is 0.0474 e. The Labute approximate surface area is 105 Å². The van der Waals surface area contributed by atoms with E-state index in [0.717, 1.165) is 6.04 Å². The van der Waals surface area contributed by atoms with Crippen LogP contribution in [0.3, 0.4) is 0 Å². The van der Waals surface area contributed by atoms with Gasteiger partial charge in [-0.05, 0) is 38.0 Å². The van der Waals surface area contributed by atoms with Gasteiger partial charge in [-0.25, -0.2) is 0 Å². The molecule has 0 aromatic carbocycles. The minimum atomic E-state index is 0.372. The van der Waals surface area contributed by atoms with Crippen LogP contribution >= 0.6 is 0 Å². The Hall–Kier alpha value is -0.120. The molecule has 3 nitrogen and oxygen atoms in total. The summed E-state index contributed by atoms with van der Waals surface area (Å²) >= 11 is 0. The van der Waals surface area contributed by atoms with Crippen molar-refractivity contribution in [2.24, 2.45) is 5.92 Å². The first-order valence-corrected chi connectivity index (χ1v) is 7.48. The van der Waals surface area contributed by atoms with Gasteiger partial charge >= 0.3 is 0 Å². The monoisotopic (exact) mass is 238 g/mol. The fourth-order valence-corrected chi connectivity index (χ4v) is 3.64. The highest BCUT2D eigenvalue weighted by Gasteiger charge is 2.36. The van der Waals surface area contributed by atoms with Crippen molar-refractivity contribution >= 4 is 0 Å². The van der Waals surface area contributed by atoms with Gasteiger partial charge in [-0.15, -0.1) is 0 Å². The zero-order valence-electron chi connectivity index (χ0n) is 10.8. The second-order valence-corrected chi connectivity index (χ2v) is 6.21. The summed E-state index contributed by atoms with van der Waals surface area (Å²) in [5.41, 5.74) is 0. The average Bonchev–Trinajstić information content (AvgIpc) is 3.11. The second-order valence-electron chi connectivity index (χ2n) is 6.21. The van der Waals surface area contributed by atoms with E-state index in [1.165, 1.54) is 58.0 Å². The molecule has 1 saturated heterocycles. The number of aliphatic hydroxyl groups excluding tert-OH is 1. The SMILES string of the molecule is OCC1CCCCC1NC1CCN(C2CC2)C1. The molecule has 1 aliphatic heterocycles. The summed E-state index contributed by atoms with van der Waals surface area (Å²) < 4.78 is 0. The Balaban J connectivity index is 1.48. The molecule has 0 aromatic rings. The van der Waals surface area contributed by atoms with Crippen molar-refractivity contribution in [3.05, 3.63) is 0 Å². The largest absolute Gasteiger partial charge is 0.396 e. The molecule has 2 aliphatic carbocycles. The van der Waals surface area contributed by atoms with Crippen LogP contribution in [0.15, 0.2) is 0 Å². The Bertz CT molecular complexity index is 255. The molecule has 3 aliphatic rings. The van der Waals surface area contributed by atoms with Crippen molar-refractivity contribution < 1.29 is 5.11 Å². The standard InChI is InChI=1S/C14H26N2O/c17-10-11-3-1-2-4-14(11)15-12-7-8-16(9-12)13-5-6-13/h11-15,17H,1-10H2. The van der Waals surface area contributed by atoms with Gasteiger partial charge in [-0.3, -0.25) is 4.90 Å². The van der Waals surface area contributed by atoms with Gasteiger partial charge in [0.2, 0.25) is 0 Å². The van der Waals surface area contributed by atoms with Crippen molar-refractivity contribution in [1.29, 1.82) is 0 Å². The summed E-state index contributed by atoms with van der Waals surface area (Å²) in [5.74, 6) is 0.513. The maximum absolute atomic E-state index is 9.44. The van der Waals surface area contributed by atoms with Crippen LogP contribution in [0, 0.1) is 5.92 Å². The quantitative estimate of drug-likeness (QED) is 0.776. The molecule has 1 heterocycles. The van der Waals surface area contributed by atoms with Crippen molar-refractivity contribution in [3.8, 4) is 0 Å². The summed E-state index contributed by atoms with van der Waals surface area (Å²) in [6.45, 7) is 2.91. The first kappa shape index (κ1) is 11.9. The van der Waals surface area contributed by atoms with E-state index in [0.29, 0.717) is 24.6 Å². The topological polar surface area (TPSA) is 35.5 Å². The van der Waals surface area contributed by atoms with Crippen LogP contribution in [-0.4, -0.2) is 47.8 Å². The van der Waals surface area contributed by atoms with Crippen molar-refractivity contribution in [1.82, 2.24) is 10.2 Å². The van der Waals surface area contributed by atoms with E-state index in [1.54, 1.807) is 0 Å². The third-order valence-electron chi connectivity index (χ3n) is 4.88. The highest BCUT2D eigenvalue weighted by atomic mass is 16.3. The average molecular weight is 238 g/mol. The molecule has 3 atom stereocenters. The van der Waals surface area contributed by atoms with E-state index < -0.39 is 0 Å². The van der Waals surface area contributed by atoms with Gasteiger partial charge in [0, 0.05) is 37.8 Å². The van der Waals surface area contributed by atoms with Crippen LogP contribution in [-0.2, 0) is 0 Å². The second kappa shape index (κ2) is 5.25. The van der Waals surface area contributed by atoms with Gasteiger partial charge in [0.05, 0.1) is 0 Å². The molecule has 98 valence electrons. The number of hydrogen-bond donors (Lipinski definition) is 2. The lowest BCUT2D eigenvalue weighted by atomic mass is 9.84. The Kier molecular flexibility index (Phi) is 3.69. The summed E-state index contributed by atoms with van der Waals surface area (Å²) in [6.07, 6.45) is 9.30. The van der Waals surface area contributed by atoms with Crippen LogP contribution in [0.4, 0.5) is 0 Å². The zero-order chi connectivity index (χ0) is 11.7. The van der Waals surface area contributed by atoms with Gasteiger partial charge in [-0.2, -0.15) is 0 Å². The Morgan fingerprint density at radius 1 is 1.06 bits per heavy atom.